The van der Waals surface area contributed by atoms with Gasteiger partial charge < -0.3 is 24.8 Å². The number of benzene rings is 1. The third kappa shape index (κ3) is 9.51. The normalized spacial score (nSPS) is 16.3. The van der Waals surface area contributed by atoms with Gasteiger partial charge in [0.2, 0.25) is 0 Å². The van der Waals surface area contributed by atoms with Crippen molar-refractivity contribution < 1.29 is 14.2 Å². The Balaban J connectivity index is 0.00000392. The van der Waals surface area contributed by atoms with E-state index < -0.39 is 0 Å². The first kappa shape index (κ1) is 25.1. The van der Waals surface area contributed by atoms with Gasteiger partial charge in [-0.1, -0.05) is 30.3 Å². The van der Waals surface area contributed by atoms with Crippen molar-refractivity contribution in [2.75, 3.05) is 73.4 Å². The summed E-state index contributed by atoms with van der Waals surface area (Å²) in [6.45, 7) is 7.10. The molecule has 0 aliphatic carbocycles. The number of nitrogens with zero attached hydrogens (tertiary/aromatic N) is 2. The van der Waals surface area contributed by atoms with Gasteiger partial charge in [0.25, 0.3) is 0 Å². The molecular formula is C20H35IN4O3. The highest BCUT2D eigenvalue weighted by Gasteiger charge is 2.22. The summed E-state index contributed by atoms with van der Waals surface area (Å²) in [5.74, 6) is 0.820. The van der Waals surface area contributed by atoms with Crippen molar-refractivity contribution in [1.29, 1.82) is 0 Å². The average molecular weight is 506 g/mol. The zero-order valence-electron chi connectivity index (χ0n) is 17.1. The van der Waals surface area contributed by atoms with E-state index in [-0.39, 0.29) is 24.0 Å². The second-order valence-electron chi connectivity index (χ2n) is 6.41. The maximum Gasteiger partial charge on any atom is 0.191 e. The van der Waals surface area contributed by atoms with Crippen LogP contribution in [0.25, 0.3) is 0 Å². The highest BCUT2D eigenvalue weighted by Crippen LogP contribution is 2.20. The van der Waals surface area contributed by atoms with Crippen LogP contribution in [0.3, 0.4) is 0 Å². The van der Waals surface area contributed by atoms with E-state index in [2.05, 4.69) is 50.9 Å². The Kier molecular flexibility index (Phi) is 14.3. The SMILES string of the molecule is CN=C(NCCCOCCOC)NCC(c1ccccc1)N1CCOCC1.I. The van der Waals surface area contributed by atoms with Crippen LogP contribution in [0.4, 0.5) is 0 Å². The van der Waals surface area contributed by atoms with E-state index in [1.54, 1.807) is 14.2 Å². The van der Waals surface area contributed by atoms with E-state index in [0.29, 0.717) is 25.9 Å². The van der Waals surface area contributed by atoms with Gasteiger partial charge in [-0.05, 0) is 12.0 Å². The quantitative estimate of drug-likeness (QED) is 0.207. The number of guanidine groups is 1. The van der Waals surface area contributed by atoms with Gasteiger partial charge in [0.15, 0.2) is 5.96 Å². The molecule has 1 aliphatic heterocycles. The monoisotopic (exact) mass is 506 g/mol. The van der Waals surface area contributed by atoms with Crippen molar-refractivity contribution >= 4 is 29.9 Å². The lowest BCUT2D eigenvalue weighted by Gasteiger charge is -2.35. The Morgan fingerprint density at radius 1 is 1.14 bits per heavy atom. The molecular weight excluding hydrogens is 471 g/mol. The maximum atomic E-state index is 5.52. The van der Waals surface area contributed by atoms with Crippen LogP contribution in [-0.2, 0) is 14.2 Å². The van der Waals surface area contributed by atoms with Crippen LogP contribution in [0.5, 0.6) is 0 Å². The predicted octanol–water partition coefficient (Wildman–Crippen LogP) is 1.90. The molecule has 8 heteroatoms. The molecule has 1 saturated heterocycles. The van der Waals surface area contributed by atoms with Gasteiger partial charge in [0, 0.05) is 46.9 Å². The number of nitrogens with one attached hydrogen (secondary N) is 2. The second-order valence-corrected chi connectivity index (χ2v) is 6.41. The summed E-state index contributed by atoms with van der Waals surface area (Å²) in [7, 11) is 3.48. The van der Waals surface area contributed by atoms with Crippen LogP contribution in [0.15, 0.2) is 35.3 Å². The number of rotatable bonds is 11. The highest BCUT2D eigenvalue weighted by atomic mass is 127. The van der Waals surface area contributed by atoms with Gasteiger partial charge in [0.1, 0.15) is 0 Å². The molecule has 1 heterocycles. The number of methoxy groups -OCH3 is 1. The van der Waals surface area contributed by atoms with Gasteiger partial charge in [-0.25, -0.2) is 0 Å². The third-order valence-corrected chi connectivity index (χ3v) is 4.55. The van der Waals surface area contributed by atoms with Crippen LogP contribution in [0.2, 0.25) is 0 Å². The fourth-order valence-corrected chi connectivity index (χ4v) is 3.06. The Hall–Kier alpha value is -0.940. The van der Waals surface area contributed by atoms with Crippen molar-refractivity contribution in [3.8, 4) is 0 Å². The van der Waals surface area contributed by atoms with Crippen molar-refractivity contribution in [3.05, 3.63) is 35.9 Å². The van der Waals surface area contributed by atoms with E-state index in [9.17, 15) is 0 Å². The maximum absolute atomic E-state index is 5.52. The van der Waals surface area contributed by atoms with Crippen LogP contribution >= 0.6 is 24.0 Å². The highest BCUT2D eigenvalue weighted by molar-refractivity contribution is 14.0. The largest absolute Gasteiger partial charge is 0.382 e. The van der Waals surface area contributed by atoms with Crippen molar-refractivity contribution in [3.63, 3.8) is 0 Å². The molecule has 2 rings (SSSR count). The lowest BCUT2D eigenvalue weighted by molar-refractivity contribution is 0.0170. The fraction of sp³-hybridized carbons (Fsp3) is 0.650. The Bertz CT molecular complexity index is 527. The van der Waals surface area contributed by atoms with Gasteiger partial charge in [-0.3, -0.25) is 9.89 Å². The number of hydrogen-bond acceptors (Lipinski definition) is 5. The van der Waals surface area contributed by atoms with Crippen LogP contribution < -0.4 is 10.6 Å². The zero-order valence-corrected chi connectivity index (χ0v) is 19.4. The van der Waals surface area contributed by atoms with Gasteiger partial charge >= 0.3 is 0 Å². The number of halogens is 1. The number of ether oxygens (including phenoxy) is 3. The first-order chi connectivity index (χ1) is 13.3. The molecule has 2 N–H and O–H groups in total. The molecule has 7 nitrogen and oxygen atoms in total. The fourth-order valence-electron chi connectivity index (χ4n) is 3.06. The Morgan fingerprint density at radius 2 is 1.89 bits per heavy atom. The number of hydrogen-bond donors (Lipinski definition) is 2. The van der Waals surface area contributed by atoms with Gasteiger partial charge in [-0.2, -0.15) is 0 Å². The summed E-state index contributed by atoms with van der Waals surface area (Å²) < 4.78 is 16.0. The number of morpholine rings is 1. The summed E-state index contributed by atoms with van der Waals surface area (Å²) in [5.41, 5.74) is 1.31. The molecule has 0 aromatic heterocycles. The minimum absolute atomic E-state index is 0. The van der Waals surface area contributed by atoms with E-state index >= 15 is 0 Å². The van der Waals surface area contributed by atoms with E-state index in [1.165, 1.54) is 5.56 Å². The molecule has 0 radical (unpaired) electrons. The lowest BCUT2D eigenvalue weighted by Crippen LogP contribution is -2.46. The first-order valence-corrected chi connectivity index (χ1v) is 9.73. The van der Waals surface area contributed by atoms with Crippen molar-refractivity contribution in [1.82, 2.24) is 15.5 Å². The summed E-state index contributed by atoms with van der Waals surface area (Å²) in [5, 5.41) is 6.83. The van der Waals surface area contributed by atoms with E-state index in [0.717, 1.165) is 51.8 Å². The van der Waals surface area contributed by atoms with Crippen molar-refractivity contribution in [2.45, 2.75) is 12.5 Å². The molecule has 28 heavy (non-hydrogen) atoms. The first-order valence-electron chi connectivity index (χ1n) is 9.73. The summed E-state index contributed by atoms with van der Waals surface area (Å²) >= 11 is 0. The average Bonchev–Trinajstić information content (AvgIpc) is 2.73. The molecule has 1 aromatic rings. The van der Waals surface area contributed by atoms with Crippen LogP contribution in [0.1, 0.15) is 18.0 Å². The molecule has 1 atom stereocenters. The molecule has 1 unspecified atom stereocenters. The second kappa shape index (κ2) is 15.9. The number of aliphatic imine (C=N–C) groups is 1. The molecule has 0 amide bonds. The van der Waals surface area contributed by atoms with Crippen LogP contribution in [0, 0.1) is 0 Å². The van der Waals surface area contributed by atoms with Gasteiger partial charge in [-0.15, -0.1) is 24.0 Å². The molecule has 0 bridgehead atoms. The molecule has 0 saturated carbocycles. The standard InChI is InChI=1S/C20H34N4O3.HI/c1-21-20(22-9-6-12-26-16-15-25-2)23-17-19(18-7-4-3-5-8-18)24-10-13-27-14-11-24;/h3-5,7-8,19H,6,9-17H2,1-2H3,(H2,21,22,23);1H. The lowest BCUT2D eigenvalue weighted by atomic mass is 10.0. The predicted molar refractivity (Wildman–Crippen MR) is 124 cm³/mol. The minimum atomic E-state index is 0. The summed E-state index contributed by atoms with van der Waals surface area (Å²) in [6, 6.07) is 10.9. The molecule has 1 fully saturated rings. The Labute approximate surface area is 186 Å². The molecule has 1 aliphatic rings. The smallest absolute Gasteiger partial charge is 0.191 e. The molecule has 0 spiro atoms. The summed E-state index contributed by atoms with van der Waals surface area (Å²) in [4.78, 5) is 6.81. The van der Waals surface area contributed by atoms with Crippen LogP contribution in [-0.4, -0.2) is 84.2 Å². The van der Waals surface area contributed by atoms with E-state index in [4.69, 9.17) is 14.2 Å². The Morgan fingerprint density at radius 3 is 2.57 bits per heavy atom. The molecule has 160 valence electrons. The third-order valence-electron chi connectivity index (χ3n) is 4.55. The summed E-state index contributed by atoms with van der Waals surface area (Å²) in [6.07, 6.45) is 0.927. The van der Waals surface area contributed by atoms with Crippen molar-refractivity contribution in [2.24, 2.45) is 4.99 Å². The minimum Gasteiger partial charge on any atom is -0.382 e. The topological polar surface area (TPSA) is 67.4 Å². The van der Waals surface area contributed by atoms with Gasteiger partial charge in [0.05, 0.1) is 32.5 Å². The van der Waals surface area contributed by atoms with E-state index in [1.807, 2.05) is 0 Å². The molecule has 1 aromatic carbocycles. The zero-order chi connectivity index (χ0) is 19.2.